The molecule has 80 valence electrons. The van der Waals surface area contributed by atoms with E-state index in [-0.39, 0.29) is 5.54 Å². The first-order chi connectivity index (χ1) is 6.66. The van der Waals surface area contributed by atoms with Crippen LogP contribution < -0.4 is 5.32 Å². The minimum absolute atomic E-state index is 0.169. The van der Waals surface area contributed by atoms with Crippen LogP contribution in [0.2, 0.25) is 0 Å². The zero-order valence-electron chi connectivity index (χ0n) is 8.75. The molecule has 0 aliphatic carbocycles. The summed E-state index contributed by atoms with van der Waals surface area (Å²) in [5.41, 5.74) is 0.169. The first kappa shape index (κ1) is 10.6. The maximum absolute atomic E-state index is 4.48. The van der Waals surface area contributed by atoms with Crippen LogP contribution in [0.1, 0.15) is 13.8 Å². The lowest BCUT2D eigenvalue weighted by atomic mass is 10.1. The molecule has 1 saturated heterocycles. The molecule has 0 bridgehead atoms. The van der Waals surface area contributed by atoms with Gasteiger partial charge in [-0.1, -0.05) is 11.8 Å². The summed E-state index contributed by atoms with van der Waals surface area (Å²) in [5.74, 6) is 3.55. The van der Waals surface area contributed by atoms with Crippen molar-refractivity contribution in [2.75, 3.05) is 30.6 Å². The van der Waals surface area contributed by atoms with Crippen molar-refractivity contribution in [2.45, 2.75) is 19.4 Å². The SMILES string of the molecule is CC1(C)CN=C(SCN2CCSC2)N1. The largest absolute Gasteiger partial charge is 0.358 e. The summed E-state index contributed by atoms with van der Waals surface area (Å²) in [5, 5.41) is 4.55. The second-order valence-corrected chi connectivity index (χ2v) is 6.34. The number of hydrogen-bond acceptors (Lipinski definition) is 5. The van der Waals surface area contributed by atoms with Crippen molar-refractivity contribution in [3.05, 3.63) is 0 Å². The van der Waals surface area contributed by atoms with Crippen molar-refractivity contribution in [3.8, 4) is 0 Å². The average Bonchev–Trinajstić information content (AvgIpc) is 2.70. The van der Waals surface area contributed by atoms with E-state index in [1.165, 1.54) is 18.2 Å². The fraction of sp³-hybridized carbons (Fsp3) is 0.889. The second kappa shape index (κ2) is 4.33. The molecule has 0 aromatic carbocycles. The van der Waals surface area contributed by atoms with Crippen molar-refractivity contribution < 1.29 is 0 Å². The molecular weight excluding hydrogens is 214 g/mol. The highest BCUT2D eigenvalue weighted by molar-refractivity contribution is 8.13. The van der Waals surface area contributed by atoms with Gasteiger partial charge in [-0.3, -0.25) is 9.89 Å². The summed E-state index contributed by atoms with van der Waals surface area (Å²) in [6.45, 7) is 6.52. The summed E-state index contributed by atoms with van der Waals surface area (Å²) in [4.78, 5) is 6.95. The van der Waals surface area contributed by atoms with E-state index in [0.29, 0.717) is 0 Å². The molecule has 0 atom stereocenters. The highest BCUT2D eigenvalue weighted by Gasteiger charge is 2.25. The van der Waals surface area contributed by atoms with E-state index in [4.69, 9.17) is 0 Å². The third kappa shape index (κ3) is 2.81. The van der Waals surface area contributed by atoms with Crippen LogP contribution in [0.25, 0.3) is 0 Å². The van der Waals surface area contributed by atoms with Crippen LogP contribution in [0.15, 0.2) is 4.99 Å². The zero-order chi connectivity index (χ0) is 10.0. The summed E-state index contributed by atoms with van der Waals surface area (Å²) in [6.07, 6.45) is 0. The molecule has 5 heteroatoms. The molecule has 0 amide bonds. The van der Waals surface area contributed by atoms with Gasteiger partial charge < -0.3 is 5.32 Å². The van der Waals surface area contributed by atoms with Crippen molar-refractivity contribution >= 4 is 28.7 Å². The second-order valence-electron chi connectivity index (χ2n) is 4.34. The van der Waals surface area contributed by atoms with E-state index in [1.54, 1.807) is 0 Å². The van der Waals surface area contributed by atoms with E-state index < -0.39 is 0 Å². The van der Waals surface area contributed by atoms with Gasteiger partial charge in [-0.2, -0.15) is 0 Å². The minimum Gasteiger partial charge on any atom is -0.358 e. The number of aliphatic imine (C=N–C) groups is 1. The zero-order valence-corrected chi connectivity index (χ0v) is 10.4. The normalized spacial score (nSPS) is 26.3. The van der Waals surface area contributed by atoms with Gasteiger partial charge in [0, 0.05) is 18.2 Å². The van der Waals surface area contributed by atoms with Gasteiger partial charge in [-0.15, -0.1) is 11.8 Å². The Balaban J connectivity index is 1.71. The molecule has 0 unspecified atom stereocenters. The van der Waals surface area contributed by atoms with E-state index in [2.05, 4.69) is 29.1 Å². The maximum atomic E-state index is 4.48. The standard InChI is InChI=1S/C9H17N3S2/c1-9(2)5-10-8(11-9)14-7-12-3-4-13-6-12/h3-7H2,1-2H3,(H,10,11). The molecule has 2 aliphatic rings. The van der Waals surface area contributed by atoms with Crippen molar-refractivity contribution in [2.24, 2.45) is 4.99 Å². The monoisotopic (exact) mass is 231 g/mol. The fourth-order valence-corrected chi connectivity index (χ4v) is 3.57. The van der Waals surface area contributed by atoms with Crippen LogP contribution >= 0.6 is 23.5 Å². The predicted octanol–water partition coefficient (Wildman–Crippen LogP) is 1.42. The van der Waals surface area contributed by atoms with Gasteiger partial charge in [0.15, 0.2) is 5.17 Å². The number of thioether (sulfide) groups is 2. The Morgan fingerprint density at radius 2 is 2.50 bits per heavy atom. The highest BCUT2D eigenvalue weighted by Crippen LogP contribution is 2.20. The molecule has 2 heterocycles. The van der Waals surface area contributed by atoms with Gasteiger partial charge in [0.05, 0.1) is 18.0 Å². The Hall–Kier alpha value is 0.130. The summed E-state index contributed by atoms with van der Waals surface area (Å²) in [7, 11) is 0. The van der Waals surface area contributed by atoms with Crippen LogP contribution in [0.5, 0.6) is 0 Å². The number of nitrogens with one attached hydrogen (secondary N) is 1. The molecule has 0 aromatic heterocycles. The molecule has 3 nitrogen and oxygen atoms in total. The van der Waals surface area contributed by atoms with Gasteiger partial charge in [0.25, 0.3) is 0 Å². The van der Waals surface area contributed by atoms with Crippen LogP contribution in [0.4, 0.5) is 0 Å². The molecule has 0 saturated carbocycles. The predicted molar refractivity (Wildman–Crippen MR) is 66.0 cm³/mol. The average molecular weight is 231 g/mol. The van der Waals surface area contributed by atoms with E-state index in [0.717, 1.165) is 17.6 Å². The van der Waals surface area contributed by atoms with Gasteiger partial charge in [-0.25, -0.2) is 0 Å². The van der Waals surface area contributed by atoms with Gasteiger partial charge >= 0.3 is 0 Å². The number of amidine groups is 1. The van der Waals surface area contributed by atoms with Crippen LogP contribution in [0.3, 0.4) is 0 Å². The lowest BCUT2D eigenvalue weighted by molar-refractivity contribution is 0.422. The van der Waals surface area contributed by atoms with Crippen LogP contribution in [-0.2, 0) is 0 Å². The van der Waals surface area contributed by atoms with Gasteiger partial charge in [0.2, 0.25) is 0 Å². The summed E-state index contributed by atoms with van der Waals surface area (Å²) in [6, 6.07) is 0. The Kier molecular flexibility index (Phi) is 3.29. The molecule has 0 radical (unpaired) electrons. The van der Waals surface area contributed by atoms with E-state index in [1.807, 2.05) is 23.5 Å². The van der Waals surface area contributed by atoms with Gasteiger partial charge in [-0.05, 0) is 13.8 Å². The molecule has 1 N–H and O–H groups in total. The number of hydrogen-bond donors (Lipinski definition) is 1. The first-order valence-electron chi connectivity index (χ1n) is 4.91. The lowest BCUT2D eigenvalue weighted by Gasteiger charge is -2.19. The van der Waals surface area contributed by atoms with Crippen molar-refractivity contribution in [1.82, 2.24) is 10.2 Å². The van der Waals surface area contributed by atoms with Crippen LogP contribution in [-0.4, -0.2) is 46.2 Å². The molecule has 14 heavy (non-hydrogen) atoms. The Morgan fingerprint density at radius 1 is 1.64 bits per heavy atom. The maximum Gasteiger partial charge on any atom is 0.158 e. The van der Waals surface area contributed by atoms with E-state index in [9.17, 15) is 0 Å². The minimum atomic E-state index is 0.169. The fourth-order valence-electron chi connectivity index (χ4n) is 1.43. The Bertz CT molecular complexity index is 234. The number of nitrogens with zero attached hydrogens (tertiary/aromatic N) is 2. The molecule has 2 aliphatic heterocycles. The van der Waals surface area contributed by atoms with Crippen molar-refractivity contribution in [1.29, 1.82) is 0 Å². The highest BCUT2D eigenvalue weighted by atomic mass is 32.2. The van der Waals surface area contributed by atoms with E-state index >= 15 is 0 Å². The molecule has 0 spiro atoms. The lowest BCUT2D eigenvalue weighted by Crippen LogP contribution is -2.39. The summed E-state index contributed by atoms with van der Waals surface area (Å²) < 4.78 is 0. The van der Waals surface area contributed by atoms with Gasteiger partial charge in [0.1, 0.15) is 0 Å². The first-order valence-corrected chi connectivity index (χ1v) is 7.05. The third-order valence-electron chi connectivity index (χ3n) is 2.27. The molecular formula is C9H17N3S2. The molecule has 2 rings (SSSR count). The van der Waals surface area contributed by atoms with Crippen molar-refractivity contribution in [3.63, 3.8) is 0 Å². The third-order valence-corrected chi connectivity index (χ3v) is 4.29. The molecule has 1 fully saturated rings. The number of rotatable bonds is 2. The summed E-state index contributed by atoms with van der Waals surface area (Å²) >= 11 is 3.85. The Morgan fingerprint density at radius 3 is 3.07 bits per heavy atom. The van der Waals surface area contributed by atoms with Crippen LogP contribution in [0, 0.1) is 0 Å². The quantitative estimate of drug-likeness (QED) is 0.778. The Labute approximate surface area is 94.1 Å². The smallest absolute Gasteiger partial charge is 0.158 e. The topological polar surface area (TPSA) is 27.6 Å². The molecule has 0 aromatic rings.